The lowest BCUT2D eigenvalue weighted by Gasteiger charge is -2.14. The zero-order valence-corrected chi connectivity index (χ0v) is 16.4. The van der Waals surface area contributed by atoms with Gasteiger partial charge in [0.1, 0.15) is 12.4 Å². The summed E-state index contributed by atoms with van der Waals surface area (Å²) in [6, 6.07) is 9.29. The fraction of sp³-hybridized carbons (Fsp3) is 0.238. The molecule has 7 heteroatoms. The van der Waals surface area contributed by atoms with E-state index in [0.29, 0.717) is 18.1 Å². The Morgan fingerprint density at radius 2 is 1.71 bits per heavy atom. The Bertz CT molecular complexity index is 946. The molecule has 0 unspecified atom stereocenters. The van der Waals surface area contributed by atoms with Gasteiger partial charge in [-0.25, -0.2) is 9.97 Å². The maximum absolute atomic E-state index is 12.5. The third kappa shape index (κ3) is 4.82. The molecule has 7 nitrogen and oxygen atoms in total. The number of nitrogens with zero attached hydrogens (tertiary/aromatic N) is 3. The number of anilines is 1. The molecular formula is C21H23N5O2. The van der Waals surface area contributed by atoms with Gasteiger partial charge in [0.15, 0.2) is 0 Å². The molecule has 3 aromatic rings. The third-order valence-corrected chi connectivity index (χ3v) is 4.10. The van der Waals surface area contributed by atoms with Gasteiger partial charge in [0.05, 0.1) is 0 Å². The van der Waals surface area contributed by atoms with E-state index in [1.54, 1.807) is 24.5 Å². The molecule has 144 valence electrons. The molecule has 0 bridgehead atoms. The number of carbonyl (C=O) groups is 1. The number of pyridine rings is 1. The van der Waals surface area contributed by atoms with Gasteiger partial charge in [-0.3, -0.25) is 20.6 Å². The van der Waals surface area contributed by atoms with Crippen molar-refractivity contribution in [3.05, 3.63) is 76.4 Å². The Morgan fingerprint density at radius 3 is 2.32 bits per heavy atom. The summed E-state index contributed by atoms with van der Waals surface area (Å²) < 4.78 is 5.94. The van der Waals surface area contributed by atoms with Crippen molar-refractivity contribution in [2.24, 2.45) is 0 Å². The van der Waals surface area contributed by atoms with E-state index in [2.05, 4.69) is 25.8 Å². The van der Waals surface area contributed by atoms with E-state index in [1.807, 2.05) is 45.9 Å². The number of nitrogens with one attached hydrogen (secondary N) is 2. The molecule has 0 radical (unpaired) electrons. The quantitative estimate of drug-likeness (QED) is 0.640. The third-order valence-electron chi connectivity index (χ3n) is 4.10. The summed E-state index contributed by atoms with van der Waals surface area (Å²) in [4.78, 5) is 25.1. The zero-order chi connectivity index (χ0) is 20.1. The SMILES string of the molecule is Cc1cc(C)nc(NNC(=O)c2cc(C)c(OCc3cccnc3)c(C)c2)n1. The van der Waals surface area contributed by atoms with Gasteiger partial charge in [0, 0.05) is 34.9 Å². The lowest BCUT2D eigenvalue weighted by Crippen LogP contribution is -2.30. The minimum Gasteiger partial charge on any atom is -0.488 e. The Balaban J connectivity index is 1.67. The molecule has 1 aromatic carbocycles. The molecule has 0 aliphatic rings. The van der Waals surface area contributed by atoms with Crippen LogP contribution in [-0.2, 0) is 6.61 Å². The van der Waals surface area contributed by atoms with Crippen LogP contribution in [0.1, 0.15) is 38.4 Å². The van der Waals surface area contributed by atoms with Crippen molar-refractivity contribution >= 4 is 11.9 Å². The van der Waals surface area contributed by atoms with Crippen LogP contribution in [-0.4, -0.2) is 20.9 Å². The molecule has 28 heavy (non-hydrogen) atoms. The topological polar surface area (TPSA) is 89.0 Å². The van der Waals surface area contributed by atoms with Crippen LogP contribution in [0.15, 0.2) is 42.7 Å². The summed E-state index contributed by atoms with van der Waals surface area (Å²) in [6.07, 6.45) is 3.50. The van der Waals surface area contributed by atoms with Crippen molar-refractivity contribution < 1.29 is 9.53 Å². The first-order valence-corrected chi connectivity index (χ1v) is 8.94. The minimum absolute atomic E-state index is 0.271. The number of hydrogen-bond acceptors (Lipinski definition) is 6. The number of ether oxygens (including phenoxy) is 1. The lowest BCUT2D eigenvalue weighted by molar-refractivity contribution is 0.0962. The number of amides is 1. The molecule has 2 heterocycles. The van der Waals surface area contributed by atoms with Gasteiger partial charge in [-0.2, -0.15) is 0 Å². The Hall–Kier alpha value is -3.48. The number of aromatic nitrogens is 3. The average Bonchev–Trinajstić information content (AvgIpc) is 2.65. The summed E-state index contributed by atoms with van der Waals surface area (Å²) in [5.41, 5.74) is 10.3. The summed E-state index contributed by atoms with van der Waals surface area (Å²) in [6.45, 7) is 8.01. The number of hydrogen-bond donors (Lipinski definition) is 2. The average molecular weight is 377 g/mol. The molecule has 0 aliphatic carbocycles. The van der Waals surface area contributed by atoms with E-state index < -0.39 is 0 Å². The molecule has 3 rings (SSSR count). The zero-order valence-electron chi connectivity index (χ0n) is 16.4. The van der Waals surface area contributed by atoms with Crippen molar-refractivity contribution in [3.8, 4) is 5.75 Å². The smallest absolute Gasteiger partial charge is 0.269 e. The standard InChI is InChI=1S/C21H23N5O2/c1-13-8-18(20(27)25-26-21-23-15(3)10-16(4)24-21)9-14(2)19(13)28-12-17-6-5-7-22-11-17/h5-11H,12H2,1-4H3,(H,25,27)(H,23,24,26). The second-order valence-corrected chi connectivity index (χ2v) is 6.64. The van der Waals surface area contributed by atoms with Crippen molar-refractivity contribution in [1.29, 1.82) is 0 Å². The fourth-order valence-electron chi connectivity index (χ4n) is 2.91. The van der Waals surface area contributed by atoms with E-state index in [1.165, 1.54) is 0 Å². The molecule has 0 atom stereocenters. The summed E-state index contributed by atoms with van der Waals surface area (Å²) in [5.74, 6) is 0.856. The van der Waals surface area contributed by atoms with Crippen LogP contribution in [0.25, 0.3) is 0 Å². The van der Waals surface area contributed by atoms with E-state index in [0.717, 1.165) is 33.8 Å². The molecule has 0 saturated carbocycles. The van der Waals surface area contributed by atoms with Gasteiger partial charge >= 0.3 is 0 Å². The van der Waals surface area contributed by atoms with E-state index in [9.17, 15) is 4.79 Å². The second-order valence-electron chi connectivity index (χ2n) is 6.64. The summed E-state index contributed by atoms with van der Waals surface area (Å²) >= 11 is 0. The number of hydrazine groups is 1. The van der Waals surface area contributed by atoms with Gasteiger partial charge < -0.3 is 4.74 Å². The number of carbonyl (C=O) groups excluding carboxylic acids is 1. The monoisotopic (exact) mass is 377 g/mol. The predicted octanol–water partition coefficient (Wildman–Crippen LogP) is 3.44. The first-order valence-electron chi connectivity index (χ1n) is 8.94. The normalized spacial score (nSPS) is 10.4. The van der Waals surface area contributed by atoms with Crippen LogP contribution in [0.5, 0.6) is 5.75 Å². The van der Waals surface area contributed by atoms with Crippen LogP contribution in [0.4, 0.5) is 5.95 Å². The number of benzene rings is 1. The van der Waals surface area contributed by atoms with Crippen LogP contribution < -0.4 is 15.6 Å². The highest BCUT2D eigenvalue weighted by molar-refractivity contribution is 5.95. The first kappa shape index (κ1) is 19.3. The van der Waals surface area contributed by atoms with E-state index >= 15 is 0 Å². The maximum Gasteiger partial charge on any atom is 0.269 e. The van der Waals surface area contributed by atoms with Crippen LogP contribution in [0, 0.1) is 27.7 Å². The van der Waals surface area contributed by atoms with Gasteiger partial charge in [0.2, 0.25) is 5.95 Å². The molecule has 0 saturated heterocycles. The second kappa shape index (κ2) is 8.47. The largest absolute Gasteiger partial charge is 0.488 e. The fourth-order valence-corrected chi connectivity index (χ4v) is 2.91. The van der Waals surface area contributed by atoms with Crippen molar-refractivity contribution in [2.75, 3.05) is 5.43 Å². The molecular weight excluding hydrogens is 354 g/mol. The molecule has 2 aromatic heterocycles. The Kier molecular flexibility index (Phi) is 5.84. The van der Waals surface area contributed by atoms with Crippen molar-refractivity contribution in [3.63, 3.8) is 0 Å². The van der Waals surface area contributed by atoms with Gasteiger partial charge in [-0.05, 0) is 63.1 Å². The predicted molar refractivity (Wildman–Crippen MR) is 107 cm³/mol. The first-order chi connectivity index (χ1) is 13.4. The molecule has 0 spiro atoms. The maximum atomic E-state index is 12.5. The van der Waals surface area contributed by atoms with Crippen LogP contribution in [0.2, 0.25) is 0 Å². The minimum atomic E-state index is -0.271. The highest BCUT2D eigenvalue weighted by atomic mass is 16.5. The molecule has 1 amide bonds. The Morgan fingerprint density at radius 1 is 1.04 bits per heavy atom. The van der Waals surface area contributed by atoms with Crippen molar-refractivity contribution in [2.45, 2.75) is 34.3 Å². The lowest BCUT2D eigenvalue weighted by atomic mass is 10.1. The molecule has 0 fully saturated rings. The summed E-state index contributed by atoms with van der Waals surface area (Å²) in [5, 5.41) is 0. The van der Waals surface area contributed by atoms with Gasteiger partial charge in [-0.1, -0.05) is 6.07 Å². The highest BCUT2D eigenvalue weighted by Gasteiger charge is 2.12. The van der Waals surface area contributed by atoms with Crippen LogP contribution in [0.3, 0.4) is 0 Å². The van der Waals surface area contributed by atoms with Crippen molar-refractivity contribution in [1.82, 2.24) is 20.4 Å². The van der Waals surface area contributed by atoms with E-state index in [-0.39, 0.29) is 5.91 Å². The van der Waals surface area contributed by atoms with Gasteiger partial charge in [0.25, 0.3) is 5.91 Å². The van der Waals surface area contributed by atoms with Gasteiger partial charge in [-0.15, -0.1) is 0 Å². The van der Waals surface area contributed by atoms with E-state index in [4.69, 9.17) is 4.74 Å². The molecule has 0 aliphatic heterocycles. The summed E-state index contributed by atoms with van der Waals surface area (Å²) in [7, 11) is 0. The van der Waals surface area contributed by atoms with Crippen LogP contribution >= 0.6 is 0 Å². The molecule has 2 N–H and O–H groups in total. The highest BCUT2D eigenvalue weighted by Crippen LogP contribution is 2.25. The number of aryl methyl sites for hydroxylation is 4. The Labute approximate surface area is 164 Å². The number of rotatable bonds is 6.